The van der Waals surface area contributed by atoms with Crippen molar-refractivity contribution in [2.45, 2.75) is 19.9 Å². The predicted octanol–water partition coefficient (Wildman–Crippen LogP) is 0.902. The molecule has 3 N–H and O–H groups in total. The van der Waals surface area contributed by atoms with Crippen molar-refractivity contribution in [2.24, 2.45) is 0 Å². The summed E-state index contributed by atoms with van der Waals surface area (Å²) in [6, 6.07) is 7.96. The van der Waals surface area contributed by atoms with Crippen molar-refractivity contribution in [3.8, 4) is 0 Å². The van der Waals surface area contributed by atoms with E-state index < -0.39 is 0 Å². The lowest BCUT2D eigenvalue weighted by atomic mass is 10.0. The summed E-state index contributed by atoms with van der Waals surface area (Å²) in [6.45, 7) is 5.50. The molecular formula is C16H25ClN4O2. The molecule has 0 bridgehead atoms. The Hall–Kier alpha value is -1.79. The van der Waals surface area contributed by atoms with Crippen LogP contribution in [0.5, 0.6) is 0 Å². The Labute approximate surface area is 143 Å². The first-order chi connectivity index (χ1) is 10.7. The maximum absolute atomic E-state index is 12.1. The highest BCUT2D eigenvalue weighted by Crippen LogP contribution is 2.18. The standard InChI is InChI=1S/C16H24N4O2.ClH/c1-2-17-8-9-18-15(21)11-19-16(22)20-10-7-13-5-3-4-6-14(13)12-20;/h3-6,17H,2,7-12H2,1H3,(H,18,21)(H,19,22);1H. The highest BCUT2D eigenvalue weighted by molar-refractivity contribution is 5.85. The minimum atomic E-state index is -0.184. The zero-order valence-electron chi connectivity index (χ0n) is 13.4. The summed E-state index contributed by atoms with van der Waals surface area (Å²) in [5.74, 6) is -0.163. The van der Waals surface area contributed by atoms with E-state index >= 15 is 0 Å². The number of nitrogens with zero attached hydrogens (tertiary/aromatic N) is 1. The van der Waals surface area contributed by atoms with Crippen molar-refractivity contribution in [2.75, 3.05) is 32.7 Å². The van der Waals surface area contributed by atoms with Crippen LogP contribution in [0.25, 0.3) is 0 Å². The first-order valence-corrected chi connectivity index (χ1v) is 7.77. The van der Waals surface area contributed by atoms with E-state index in [2.05, 4.69) is 22.0 Å². The molecule has 0 saturated heterocycles. The van der Waals surface area contributed by atoms with Crippen molar-refractivity contribution in [3.63, 3.8) is 0 Å². The number of halogens is 1. The van der Waals surface area contributed by atoms with E-state index in [0.29, 0.717) is 19.6 Å². The van der Waals surface area contributed by atoms with Gasteiger partial charge in [0.05, 0.1) is 6.54 Å². The second-order valence-corrected chi connectivity index (χ2v) is 5.30. The molecule has 1 aliphatic heterocycles. The zero-order valence-corrected chi connectivity index (χ0v) is 14.2. The fourth-order valence-electron chi connectivity index (χ4n) is 2.47. The van der Waals surface area contributed by atoms with Crippen LogP contribution in [-0.4, -0.2) is 49.6 Å². The summed E-state index contributed by atoms with van der Waals surface area (Å²) in [7, 11) is 0. The summed E-state index contributed by atoms with van der Waals surface area (Å²) in [4.78, 5) is 25.5. The number of rotatable bonds is 6. The van der Waals surface area contributed by atoms with Crippen LogP contribution in [0.15, 0.2) is 24.3 Å². The Morgan fingerprint density at radius 2 is 1.87 bits per heavy atom. The lowest BCUT2D eigenvalue weighted by molar-refractivity contribution is -0.120. The smallest absolute Gasteiger partial charge is 0.318 e. The molecule has 0 saturated carbocycles. The van der Waals surface area contributed by atoms with Gasteiger partial charge in [0.25, 0.3) is 0 Å². The van der Waals surface area contributed by atoms with Crippen molar-refractivity contribution in [3.05, 3.63) is 35.4 Å². The molecule has 3 amide bonds. The van der Waals surface area contributed by atoms with Crippen LogP contribution in [0.3, 0.4) is 0 Å². The van der Waals surface area contributed by atoms with Crippen LogP contribution in [0.4, 0.5) is 4.79 Å². The number of nitrogens with one attached hydrogen (secondary N) is 3. The van der Waals surface area contributed by atoms with Gasteiger partial charge in [-0.1, -0.05) is 31.2 Å². The molecule has 0 aromatic heterocycles. The topological polar surface area (TPSA) is 73.5 Å². The van der Waals surface area contributed by atoms with Gasteiger partial charge in [0.15, 0.2) is 0 Å². The van der Waals surface area contributed by atoms with Gasteiger partial charge < -0.3 is 20.9 Å². The van der Waals surface area contributed by atoms with E-state index in [4.69, 9.17) is 0 Å². The Balaban J connectivity index is 0.00000264. The number of fused-ring (bicyclic) bond motifs is 1. The molecule has 0 aliphatic carbocycles. The average Bonchev–Trinajstić information content (AvgIpc) is 2.56. The van der Waals surface area contributed by atoms with Gasteiger partial charge >= 0.3 is 6.03 Å². The van der Waals surface area contributed by atoms with E-state index in [9.17, 15) is 9.59 Å². The number of benzene rings is 1. The molecule has 0 fully saturated rings. The number of carbonyl (C=O) groups is 2. The number of hydrogen-bond donors (Lipinski definition) is 3. The first kappa shape index (κ1) is 19.3. The molecule has 2 rings (SSSR count). The van der Waals surface area contributed by atoms with E-state index in [0.717, 1.165) is 19.5 Å². The normalized spacial score (nSPS) is 12.8. The quantitative estimate of drug-likeness (QED) is 0.674. The number of urea groups is 1. The van der Waals surface area contributed by atoms with Crippen LogP contribution in [0.2, 0.25) is 0 Å². The zero-order chi connectivity index (χ0) is 15.8. The maximum Gasteiger partial charge on any atom is 0.318 e. The van der Waals surface area contributed by atoms with Crippen molar-refractivity contribution in [1.29, 1.82) is 0 Å². The Kier molecular flexibility index (Phi) is 8.43. The van der Waals surface area contributed by atoms with Crippen LogP contribution in [-0.2, 0) is 17.8 Å². The van der Waals surface area contributed by atoms with Crippen LogP contribution in [0.1, 0.15) is 18.1 Å². The van der Waals surface area contributed by atoms with Gasteiger partial charge in [-0.15, -0.1) is 12.4 Å². The lowest BCUT2D eigenvalue weighted by Crippen LogP contribution is -2.46. The Bertz CT molecular complexity index is 525. The van der Waals surface area contributed by atoms with Gasteiger partial charge in [-0.2, -0.15) is 0 Å². The third-order valence-electron chi connectivity index (χ3n) is 3.69. The van der Waals surface area contributed by atoms with Crippen molar-refractivity contribution in [1.82, 2.24) is 20.9 Å². The third kappa shape index (κ3) is 6.08. The van der Waals surface area contributed by atoms with Crippen LogP contribution >= 0.6 is 12.4 Å². The molecule has 1 heterocycles. The summed E-state index contributed by atoms with van der Waals surface area (Å²) in [6.07, 6.45) is 0.860. The predicted molar refractivity (Wildman–Crippen MR) is 92.8 cm³/mol. The highest BCUT2D eigenvalue weighted by Gasteiger charge is 2.20. The third-order valence-corrected chi connectivity index (χ3v) is 3.69. The fourth-order valence-corrected chi connectivity index (χ4v) is 2.47. The molecule has 1 aromatic rings. The molecule has 0 unspecified atom stereocenters. The number of likely N-dealkylation sites (N-methyl/N-ethyl adjacent to an activating group) is 1. The summed E-state index contributed by atoms with van der Waals surface area (Å²) >= 11 is 0. The molecule has 0 atom stereocenters. The van der Waals surface area contributed by atoms with Crippen molar-refractivity contribution < 1.29 is 9.59 Å². The molecule has 128 valence electrons. The highest BCUT2D eigenvalue weighted by atomic mass is 35.5. The average molecular weight is 341 g/mol. The maximum atomic E-state index is 12.1. The van der Waals surface area contributed by atoms with Gasteiger partial charge in [-0.25, -0.2) is 4.79 Å². The molecule has 7 heteroatoms. The van der Waals surface area contributed by atoms with Gasteiger partial charge in [-0.05, 0) is 24.1 Å². The van der Waals surface area contributed by atoms with Crippen LogP contribution in [0, 0.1) is 0 Å². The van der Waals surface area contributed by atoms with E-state index in [-0.39, 0.29) is 30.9 Å². The second kappa shape index (κ2) is 10.1. The second-order valence-electron chi connectivity index (χ2n) is 5.30. The van der Waals surface area contributed by atoms with Gasteiger partial charge in [0.1, 0.15) is 0 Å². The number of hydrogen-bond acceptors (Lipinski definition) is 3. The van der Waals surface area contributed by atoms with E-state index in [1.165, 1.54) is 11.1 Å². The Morgan fingerprint density at radius 3 is 2.61 bits per heavy atom. The van der Waals surface area contributed by atoms with Gasteiger partial charge in [0, 0.05) is 26.2 Å². The minimum absolute atomic E-state index is 0. The molecule has 23 heavy (non-hydrogen) atoms. The summed E-state index contributed by atoms with van der Waals surface area (Å²) < 4.78 is 0. The Morgan fingerprint density at radius 1 is 1.13 bits per heavy atom. The molecule has 1 aliphatic rings. The van der Waals surface area contributed by atoms with Crippen molar-refractivity contribution >= 4 is 24.3 Å². The monoisotopic (exact) mass is 340 g/mol. The molecule has 1 aromatic carbocycles. The van der Waals surface area contributed by atoms with E-state index in [1.54, 1.807) is 4.90 Å². The SMILES string of the molecule is CCNCCNC(=O)CNC(=O)N1CCc2ccccc2C1.Cl. The number of carbonyl (C=O) groups excluding carboxylic acids is 2. The number of amides is 3. The summed E-state index contributed by atoms with van der Waals surface area (Å²) in [5, 5.41) is 8.55. The van der Waals surface area contributed by atoms with E-state index in [1.807, 2.05) is 25.1 Å². The minimum Gasteiger partial charge on any atom is -0.353 e. The largest absolute Gasteiger partial charge is 0.353 e. The fraction of sp³-hybridized carbons (Fsp3) is 0.500. The van der Waals surface area contributed by atoms with Crippen LogP contribution < -0.4 is 16.0 Å². The molecule has 0 spiro atoms. The molecule has 0 radical (unpaired) electrons. The van der Waals surface area contributed by atoms with Gasteiger partial charge in [-0.3, -0.25) is 4.79 Å². The molecule has 6 nitrogen and oxygen atoms in total. The van der Waals surface area contributed by atoms with Gasteiger partial charge in [0.2, 0.25) is 5.91 Å². The molecular weight excluding hydrogens is 316 g/mol. The summed E-state index contributed by atoms with van der Waals surface area (Å²) in [5.41, 5.74) is 2.48. The lowest BCUT2D eigenvalue weighted by Gasteiger charge is -2.28. The first-order valence-electron chi connectivity index (χ1n) is 7.77.